The molecule has 0 spiro atoms. The summed E-state index contributed by atoms with van der Waals surface area (Å²) in [6.07, 6.45) is 2.00. The lowest BCUT2D eigenvalue weighted by molar-refractivity contribution is 0.0243. The number of nitrogens with zero attached hydrogens (tertiary/aromatic N) is 2. The molecule has 1 aromatic heterocycles. The van der Waals surface area contributed by atoms with Crippen LogP contribution in [0.25, 0.3) is 0 Å². The third kappa shape index (κ3) is 5.49. The Morgan fingerprint density at radius 3 is 2.59 bits per heavy atom. The van der Waals surface area contributed by atoms with Crippen LogP contribution in [0.4, 0.5) is 9.39 Å². The van der Waals surface area contributed by atoms with Crippen molar-refractivity contribution in [1.82, 2.24) is 9.80 Å². The third-order valence-electron chi connectivity index (χ3n) is 6.05. The summed E-state index contributed by atoms with van der Waals surface area (Å²) in [5.41, 5.74) is 1.02. The number of anilines is 1. The highest BCUT2D eigenvalue weighted by molar-refractivity contribution is 7.18. The molecular formula is C23H27ClFN3O3S. The molecule has 0 atom stereocenters. The summed E-state index contributed by atoms with van der Waals surface area (Å²) in [4.78, 5) is 30.6. The molecule has 0 radical (unpaired) electrons. The summed E-state index contributed by atoms with van der Waals surface area (Å²) in [6, 6.07) is 5.44. The van der Waals surface area contributed by atoms with E-state index in [2.05, 4.69) is 10.2 Å². The van der Waals surface area contributed by atoms with Gasteiger partial charge in [0.15, 0.2) is 0 Å². The Morgan fingerprint density at radius 2 is 1.91 bits per heavy atom. The van der Waals surface area contributed by atoms with Crippen LogP contribution in [0.5, 0.6) is 0 Å². The second kappa shape index (κ2) is 10.3. The first-order valence-electron chi connectivity index (χ1n) is 10.9. The van der Waals surface area contributed by atoms with Crippen LogP contribution in [0.3, 0.4) is 0 Å². The first kappa shape index (κ1) is 23.2. The lowest BCUT2D eigenvalue weighted by Gasteiger charge is -2.36. The average molecular weight is 480 g/mol. The highest BCUT2D eigenvalue weighted by Crippen LogP contribution is 2.30. The Balaban J connectivity index is 1.34. The Bertz CT molecular complexity index is 985. The molecule has 3 heterocycles. The molecule has 9 heteroatoms. The van der Waals surface area contributed by atoms with Gasteiger partial charge in [0.2, 0.25) is 0 Å². The van der Waals surface area contributed by atoms with Crippen LogP contribution >= 0.6 is 22.9 Å². The highest BCUT2D eigenvalue weighted by atomic mass is 35.5. The number of carbonyl (C=O) groups is 2. The van der Waals surface area contributed by atoms with Crippen LogP contribution in [0.1, 0.15) is 38.4 Å². The van der Waals surface area contributed by atoms with Crippen molar-refractivity contribution in [2.24, 2.45) is 5.92 Å². The molecule has 1 N–H and O–H groups in total. The molecule has 1 aromatic carbocycles. The number of ether oxygens (including phenoxy) is 1. The van der Waals surface area contributed by atoms with Crippen molar-refractivity contribution in [3.8, 4) is 0 Å². The molecule has 2 aliphatic rings. The molecular weight excluding hydrogens is 453 g/mol. The number of piperidine rings is 1. The molecule has 6 nitrogen and oxygen atoms in total. The van der Waals surface area contributed by atoms with Crippen molar-refractivity contribution >= 4 is 39.8 Å². The smallest absolute Gasteiger partial charge is 0.264 e. The molecule has 0 aliphatic carbocycles. The number of nitrogens with one attached hydrogen (secondary N) is 1. The molecule has 2 fully saturated rings. The quantitative estimate of drug-likeness (QED) is 0.695. The van der Waals surface area contributed by atoms with E-state index in [1.807, 2.05) is 11.8 Å². The van der Waals surface area contributed by atoms with Gasteiger partial charge in [-0.05, 0) is 55.5 Å². The number of hydrogen-bond donors (Lipinski definition) is 1. The van der Waals surface area contributed by atoms with Gasteiger partial charge in [-0.2, -0.15) is 0 Å². The third-order valence-corrected chi connectivity index (χ3v) is 7.50. The van der Waals surface area contributed by atoms with Gasteiger partial charge in [0, 0.05) is 32.7 Å². The van der Waals surface area contributed by atoms with E-state index in [0.717, 1.165) is 70.4 Å². The zero-order chi connectivity index (χ0) is 22.7. The second-order valence-electron chi connectivity index (χ2n) is 8.35. The second-order valence-corrected chi connectivity index (χ2v) is 9.81. The number of rotatable bonds is 5. The van der Waals surface area contributed by atoms with Gasteiger partial charge in [-0.15, -0.1) is 11.3 Å². The van der Waals surface area contributed by atoms with Gasteiger partial charge in [-0.1, -0.05) is 11.6 Å². The van der Waals surface area contributed by atoms with E-state index in [1.54, 1.807) is 6.07 Å². The first-order chi connectivity index (χ1) is 15.4. The molecule has 4 rings (SSSR count). The summed E-state index contributed by atoms with van der Waals surface area (Å²) < 4.78 is 18.7. The number of hydrogen-bond acceptors (Lipinski definition) is 5. The topological polar surface area (TPSA) is 61.9 Å². The molecule has 172 valence electrons. The fourth-order valence-corrected chi connectivity index (χ4v) is 5.51. The standard InChI is InChI=1S/C23H27ClFN3O3S/c1-15-12-20(26-22(29)18-3-2-17(25)13-19(18)24)32-21(15)23(30)28-6-4-16(5-7-28)14-27-8-10-31-11-9-27/h2-3,12-13,16H,4-11,14H2,1H3,(H,26,29). The molecule has 32 heavy (non-hydrogen) atoms. The van der Waals surface area contributed by atoms with Crippen molar-refractivity contribution in [2.45, 2.75) is 19.8 Å². The summed E-state index contributed by atoms with van der Waals surface area (Å²) in [6.45, 7) is 8.04. The van der Waals surface area contributed by atoms with Gasteiger partial charge in [0.25, 0.3) is 11.8 Å². The zero-order valence-corrected chi connectivity index (χ0v) is 19.6. The van der Waals surface area contributed by atoms with Crippen LogP contribution in [-0.2, 0) is 4.74 Å². The van der Waals surface area contributed by atoms with Crippen LogP contribution in [-0.4, -0.2) is 67.6 Å². The fraction of sp³-hybridized carbons (Fsp3) is 0.478. The Labute approximate surface area is 196 Å². The van der Waals surface area contributed by atoms with Crippen LogP contribution in [0.2, 0.25) is 5.02 Å². The number of aryl methyl sites for hydroxylation is 1. The monoisotopic (exact) mass is 479 g/mol. The number of halogens is 2. The Morgan fingerprint density at radius 1 is 1.19 bits per heavy atom. The summed E-state index contributed by atoms with van der Waals surface area (Å²) in [7, 11) is 0. The average Bonchev–Trinajstić information content (AvgIpc) is 3.14. The van der Waals surface area contributed by atoms with E-state index in [0.29, 0.717) is 15.8 Å². The molecule has 2 aromatic rings. The number of carbonyl (C=O) groups excluding carboxylic acids is 2. The minimum Gasteiger partial charge on any atom is -0.379 e. The van der Waals surface area contributed by atoms with E-state index in [1.165, 1.54) is 23.5 Å². The molecule has 0 saturated carbocycles. The molecule has 0 unspecified atom stereocenters. The first-order valence-corrected chi connectivity index (χ1v) is 12.1. The lowest BCUT2D eigenvalue weighted by atomic mass is 9.96. The van der Waals surface area contributed by atoms with Gasteiger partial charge >= 0.3 is 0 Å². The van der Waals surface area contributed by atoms with Crippen LogP contribution in [0, 0.1) is 18.7 Å². The fourth-order valence-electron chi connectivity index (χ4n) is 4.22. The predicted molar refractivity (Wildman–Crippen MR) is 124 cm³/mol. The molecule has 2 saturated heterocycles. The SMILES string of the molecule is Cc1cc(NC(=O)c2ccc(F)cc2Cl)sc1C(=O)N1CCC(CN2CCOCC2)CC1. The van der Waals surface area contributed by atoms with Crippen molar-refractivity contribution in [3.05, 3.63) is 51.1 Å². The van der Waals surface area contributed by atoms with Crippen LogP contribution < -0.4 is 5.32 Å². The predicted octanol–water partition coefficient (Wildman–Crippen LogP) is 4.29. The van der Waals surface area contributed by atoms with Crippen molar-refractivity contribution in [3.63, 3.8) is 0 Å². The summed E-state index contributed by atoms with van der Waals surface area (Å²) in [5, 5.41) is 3.39. The maximum atomic E-state index is 13.2. The maximum absolute atomic E-state index is 13.2. The number of likely N-dealkylation sites (tertiary alicyclic amines) is 1. The lowest BCUT2D eigenvalue weighted by Crippen LogP contribution is -2.44. The van der Waals surface area contributed by atoms with E-state index in [4.69, 9.17) is 16.3 Å². The number of benzene rings is 1. The maximum Gasteiger partial charge on any atom is 0.264 e. The Kier molecular flexibility index (Phi) is 7.45. The van der Waals surface area contributed by atoms with Gasteiger partial charge in [0.05, 0.1) is 33.7 Å². The Hall–Kier alpha value is -2.00. The molecule has 2 amide bonds. The van der Waals surface area contributed by atoms with Crippen molar-refractivity contribution in [1.29, 1.82) is 0 Å². The largest absolute Gasteiger partial charge is 0.379 e. The van der Waals surface area contributed by atoms with Gasteiger partial charge in [0.1, 0.15) is 5.82 Å². The van der Waals surface area contributed by atoms with Gasteiger partial charge in [-0.25, -0.2) is 4.39 Å². The van der Waals surface area contributed by atoms with E-state index in [-0.39, 0.29) is 16.5 Å². The normalized spacial score (nSPS) is 18.0. The van der Waals surface area contributed by atoms with E-state index in [9.17, 15) is 14.0 Å². The van der Waals surface area contributed by atoms with E-state index < -0.39 is 11.7 Å². The minimum atomic E-state index is -0.500. The number of amides is 2. The highest BCUT2D eigenvalue weighted by Gasteiger charge is 2.27. The minimum absolute atomic E-state index is 0.0117. The van der Waals surface area contributed by atoms with Crippen molar-refractivity contribution in [2.75, 3.05) is 51.3 Å². The van der Waals surface area contributed by atoms with Gasteiger partial charge in [-0.3, -0.25) is 14.5 Å². The number of morpholine rings is 1. The van der Waals surface area contributed by atoms with Crippen LogP contribution in [0.15, 0.2) is 24.3 Å². The van der Waals surface area contributed by atoms with Gasteiger partial charge < -0.3 is 15.0 Å². The van der Waals surface area contributed by atoms with Crippen molar-refractivity contribution < 1.29 is 18.7 Å². The molecule has 0 bridgehead atoms. The summed E-state index contributed by atoms with van der Waals surface area (Å²) in [5.74, 6) is -0.311. The summed E-state index contributed by atoms with van der Waals surface area (Å²) >= 11 is 7.25. The molecule has 2 aliphatic heterocycles. The van der Waals surface area contributed by atoms with E-state index >= 15 is 0 Å². The zero-order valence-electron chi connectivity index (χ0n) is 18.0. The number of thiophene rings is 1.